The van der Waals surface area contributed by atoms with E-state index in [4.69, 9.17) is 0 Å². The molecule has 2 atom stereocenters. The van der Waals surface area contributed by atoms with Crippen LogP contribution in [-0.4, -0.2) is 23.4 Å². The molecule has 0 spiro atoms. The SMILES string of the molecule is CCCCCCCCCCCCCPCCCC(CCCCCC)C(=O)O.Cl. The van der Waals surface area contributed by atoms with E-state index in [9.17, 15) is 9.90 Å². The first-order valence-electron chi connectivity index (χ1n) is 12.2. The van der Waals surface area contributed by atoms with Gasteiger partial charge in [0.1, 0.15) is 0 Å². The van der Waals surface area contributed by atoms with Crippen molar-refractivity contribution in [2.75, 3.05) is 12.3 Å². The van der Waals surface area contributed by atoms with Crippen LogP contribution in [0.4, 0.5) is 0 Å². The zero-order valence-electron chi connectivity index (χ0n) is 19.0. The second kappa shape index (κ2) is 25.2. The summed E-state index contributed by atoms with van der Waals surface area (Å²) in [7, 11) is 1.05. The Bertz CT molecular complexity index is 313. The van der Waals surface area contributed by atoms with Gasteiger partial charge in [0, 0.05) is 0 Å². The molecule has 0 saturated carbocycles. The molecular weight excluding hydrogens is 387 g/mol. The van der Waals surface area contributed by atoms with Crippen molar-refractivity contribution in [2.45, 2.75) is 129 Å². The Morgan fingerprint density at radius 1 is 0.643 bits per heavy atom. The van der Waals surface area contributed by atoms with E-state index in [1.54, 1.807) is 0 Å². The van der Waals surface area contributed by atoms with Crippen molar-refractivity contribution in [2.24, 2.45) is 5.92 Å². The maximum absolute atomic E-state index is 11.3. The topological polar surface area (TPSA) is 37.3 Å². The zero-order valence-corrected chi connectivity index (χ0v) is 20.8. The summed E-state index contributed by atoms with van der Waals surface area (Å²) in [5, 5.41) is 9.35. The lowest BCUT2D eigenvalue weighted by molar-refractivity contribution is -0.142. The predicted molar refractivity (Wildman–Crippen MR) is 131 cm³/mol. The van der Waals surface area contributed by atoms with E-state index < -0.39 is 5.97 Å². The van der Waals surface area contributed by atoms with Crippen LogP contribution >= 0.6 is 21.0 Å². The van der Waals surface area contributed by atoms with Gasteiger partial charge in [0.05, 0.1) is 5.92 Å². The van der Waals surface area contributed by atoms with Crippen LogP contribution in [0.3, 0.4) is 0 Å². The minimum Gasteiger partial charge on any atom is -0.481 e. The average Bonchev–Trinajstić information content (AvgIpc) is 2.66. The van der Waals surface area contributed by atoms with Crippen LogP contribution in [0.5, 0.6) is 0 Å². The van der Waals surface area contributed by atoms with Gasteiger partial charge in [-0.05, 0) is 38.0 Å². The van der Waals surface area contributed by atoms with Crippen LogP contribution in [0.15, 0.2) is 0 Å². The first kappa shape index (κ1) is 30.4. The number of carbonyl (C=O) groups is 1. The maximum atomic E-state index is 11.3. The van der Waals surface area contributed by atoms with E-state index in [0.717, 1.165) is 34.3 Å². The molecule has 0 radical (unpaired) electrons. The van der Waals surface area contributed by atoms with Gasteiger partial charge in [0.25, 0.3) is 0 Å². The number of rotatable bonds is 22. The Morgan fingerprint density at radius 2 is 1.04 bits per heavy atom. The first-order valence-corrected chi connectivity index (χ1v) is 13.6. The highest BCUT2D eigenvalue weighted by Crippen LogP contribution is 2.21. The molecule has 0 rings (SSSR count). The highest BCUT2D eigenvalue weighted by atomic mass is 35.5. The molecule has 0 heterocycles. The first-order chi connectivity index (χ1) is 13.2. The molecule has 170 valence electrons. The Labute approximate surface area is 184 Å². The molecule has 0 aromatic heterocycles. The van der Waals surface area contributed by atoms with Crippen molar-refractivity contribution in [3.8, 4) is 0 Å². The number of hydrogen-bond acceptors (Lipinski definition) is 1. The van der Waals surface area contributed by atoms with E-state index in [-0.39, 0.29) is 18.3 Å². The largest absolute Gasteiger partial charge is 0.481 e. The molecular formula is C24H50ClO2P. The van der Waals surface area contributed by atoms with Crippen molar-refractivity contribution in [1.29, 1.82) is 0 Å². The third-order valence-electron chi connectivity index (χ3n) is 5.62. The second-order valence-corrected chi connectivity index (χ2v) is 9.81. The fourth-order valence-electron chi connectivity index (χ4n) is 3.72. The van der Waals surface area contributed by atoms with Crippen LogP contribution in [0, 0.1) is 5.92 Å². The number of unbranched alkanes of at least 4 members (excludes halogenated alkanes) is 13. The van der Waals surface area contributed by atoms with Gasteiger partial charge in [0.2, 0.25) is 0 Å². The van der Waals surface area contributed by atoms with Gasteiger partial charge in [-0.15, -0.1) is 21.0 Å². The van der Waals surface area contributed by atoms with Crippen molar-refractivity contribution in [3.63, 3.8) is 0 Å². The summed E-state index contributed by atoms with van der Waals surface area (Å²) in [6.45, 7) is 4.48. The van der Waals surface area contributed by atoms with E-state index in [0.29, 0.717) is 0 Å². The Kier molecular flexibility index (Phi) is 27.4. The lowest BCUT2D eigenvalue weighted by atomic mass is 9.96. The number of halogens is 1. The lowest BCUT2D eigenvalue weighted by Gasteiger charge is -2.12. The van der Waals surface area contributed by atoms with E-state index in [1.165, 1.54) is 102 Å². The van der Waals surface area contributed by atoms with Crippen molar-refractivity contribution >= 4 is 27.0 Å². The summed E-state index contributed by atoms with van der Waals surface area (Å²) in [6, 6.07) is 0. The molecule has 0 amide bonds. The van der Waals surface area contributed by atoms with Crippen molar-refractivity contribution in [3.05, 3.63) is 0 Å². The van der Waals surface area contributed by atoms with Gasteiger partial charge >= 0.3 is 5.97 Å². The Morgan fingerprint density at radius 3 is 1.54 bits per heavy atom. The lowest BCUT2D eigenvalue weighted by Crippen LogP contribution is -2.13. The fraction of sp³-hybridized carbons (Fsp3) is 0.958. The second-order valence-electron chi connectivity index (χ2n) is 8.31. The summed E-state index contributed by atoms with van der Waals surface area (Å²) >= 11 is 0. The van der Waals surface area contributed by atoms with Gasteiger partial charge < -0.3 is 5.11 Å². The third kappa shape index (κ3) is 22.5. The Hall–Kier alpha value is 0.190. The average molecular weight is 437 g/mol. The molecule has 0 saturated heterocycles. The molecule has 28 heavy (non-hydrogen) atoms. The molecule has 2 nitrogen and oxygen atoms in total. The normalized spacial score (nSPS) is 12.4. The van der Waals surface area contributed by atoms with Crippen LogP contribution in [0.25, 0.3) is 0 Å². The molecule has 0 aliphatic heterocycles. The van der Waals surface area contributed by atoms with Gasteiger partial charge in [-0.3, -0.25) is 4.79 Å². The molecule has 2 unspecified atom stereocenters. The predicted octanol–water partition coefficient (Wildman–Crippen LogP) is 8.85. The van der Waals surface area contributed by atoms with Gasteiger partial charge in [0.15, 0.2) is 0 Å². The summed E-state index contributed by atoms with van der Waals surface area (Å²) < 4.78 is 0. The van der Waals surface area contributed by atoms with Crippen LogP contribution in [0.1, 0.15) is 129 Å². The maximum Gasteiger partial charge on any atom is 0.306 e. The van der Waals surface area contributed by atoms with E-state index in [1.807, 2.05) is 0 Å². The smallest absolute Gasteiger partial charge is 0.306 e. The quantitative estimate of drug-likeness (QED) is 0.136. The number of carboxylic acid groups (broad SMARTS) is 1. The number of hydrogen-bond donors (Lipinski definition) is 1. The summed E-state index contributed by atoms with van der Waals surface area (Å²) in [6.07, 6.45) is 25.8. The molecule has 0 aliphatic carbocycles. The van der Waals surface area contributed by atoms with Gasteiger partial charge in [-0.1, -0.05) is 104 Å². The summed E-state index contributed by atoms with van der Waals surface area (Å²) in [4.78, 5) is 11.3. The standard InChI is InChI=1S/C24H49O2P.ClH/c1-3-5-7-9-10-11-12-13-14-15-17-21-27-22-18-20-23(24(25)26)19-16-8-6-4-2;/h23,27H,3-22H2,1-2H3,(H,25,26);1H. The van der Waals surface area contributed by atoms with Crippen LogP contribution < -0.4 is 0 Å². The minimum absolute atomic E-state index is 0. The minimum atomic E-state index is -0.569. The fourth-order valence-corrected chi connectivity index (χ4v) is 4.93. The monoisotopic (exact) mass is 436 g/mol. The Balaban J connectivity index is 0. The third-order valence-corrected chi connectivity index (χ3v) is 7.03. The molecule has 0 aromatic carbocycles. The summed E-state index contributed by atoms with van der Waals surface area (Å²) in [5.41, 5.74) is 0. The molecule has 4 heteroatoms. The molecule has 0 aliphatic rings. The van der Waals surface area contributed by atoms with E-state index >= 15 is 0 Å². The molecule has 0 aromatic rings. The highest BCUT2D eigenvalue weighted by molar-refractivity contribution is 7.37. The number of carboxylic acids is 1. The van der Waals surface area contributed by atoms with Crippen molar-refractivity contribution < 1.29 is 9.90 Å². The van der Waals surface area contributed by atoms with Gasteiger partial charge in [-0.2, -0.15) is 0 Å². The molecule has 0 fully saturated rings. The molecule has 0 bridgehead atoms. The van der Waals surface area contributed by atoms with Gasteiger partial charge in [-0.25, -0.2) is 0 Å². The van der Waals surface area contributed by atoms with Crippen LogP contribution in [0.2, 0.25) is 0 Å². The summed E-state index contributed by atoms with van der Waals surface area (Å²) in [5.74, 6) is -0.658. The molecule has 1 N–H and O–H groups in total. The zero-order chi connectivity index (χ0) is 20.0. The number of aliphatic carboxylic acids is 1. The van der Waals surface area contributed by atoms with Crippen molar-refractivity contribution in [1.82, 2.24) is 0 Å². The van der Waals surface area contributed by atoms with Crippen LogP contribution in [-0.2, 0) is 4.79 Å². The highest BCUT2D eigenvalue weighted by Gasteiger charge is 2.16. The van der Waals surface area contributed by atoms with E-state index in [2.05, 4.69) is 13.8 Å².